The van der Waals surface area contributed by atoms with Crippen LogP contribution in [0.5, 0.6) is 5.75 Å². The van der Waals surface area contributed by atoms with Gasteiger partial charge in [0, 0.05) is 29.4 Å². The third-order valence-electron chi connectivity index (χ3n) is 3.41. The van der Waals surface area contributed by atoms with Crippen LogP contribution in [0.3, 0.4) is 0 Å². The van der Waals surface area contributed by atoms with Crippen molar-refractivity contribution in [1.29, 1.82) is 0 Å². The zero-order chi connectivity index (χ0) is 14.7. The van der Waals surface area contributed by atoms with Crippen molar-refractivity contribution >= 4 is 16.3 Å². The van der Waals surface area contributed by atoms with Crippen LogP contribution >= 0.6 is 11.3 Å². The van der Waals surface area contributed by atoms with E-state index < -0.39 is 0 Å². The standard InChI is InChI=1S/C16H19N3OS/c1-3-17-12(2)14-6-4-5-7-15(14)20-11-13-10-19-8-9-21-16(19)18-13/h4-10,12,17H,3,11H2,1-2H3. The van der Waals surface area contributed by atoms with Gasteiger partial charge in [-0.05, 0) is 19.5 Å². The number of nitrogens with one attached hydrogen (secondary N) is 1. The molecule has 1 N–H and O–H groups in total. The number of imidazole rings is 1. The summed E-state index contributed by atoms with van der Waals surface area (Å²) in [6.45, 7) is 5.69. The Morgan fingerprint density at radius 2 is 2.24 bits per heavy atom. The summed E-state index contributed by atoms with van der Waals surface area (Å²) < 4.78 is 8.00. The zero-order valence-electron chi connectivity index (χ0n) is 12.2. The lowest BCUT2D eigenvalue weighted by atomic mass is 10.1. The highest BCUT2D eigenvalue weighted by Gasteiger charge is 2.11. The van der Waals surface area contributed by atoms with Crippen LogP contribution in [0.15, 0.2) is 42.0 Å². The van der Waals surface area contributed by atoms with Gasteiger partial charge >= 0.3 is 0 Å². The minimum absolute atomic E-state index is 0.275. The Hall–Kier alpha value is -1.85. The number of hydrogen-bond donors (Lipinski definition) is 1. The smallest absolute Gasteiger partial charge is 0.193 e. The van der Waals surface area contributed by atoms with E-state index in [0.29, 0.717) is 6.61 Å². The summed E-state index contributed by atoms with van der Waals surface area (Å²) in [5.41, 5.74) is 2.13. The average Bonchev–Trinajstić information content (AvgIpc) is 3.06. The lowest BCUT2D eigenvalue weighted by molar-refractivity contribution is 0.296. The van der Waals surface area contributed by atoms with Crippen LogP contribution in [0.1, 0.15) is 31.1 Å². The number of aromatic nitrogens is 2. The van der Waals surface area contributed by atoms with E-state index in [4.69, 9.17) is 4.74 Å². The maximum absolute atomic E-state index is 5.98. The first kappa shape index (κ1) is 14.1. The molecule has 0 fully saturated rings. The van der Waals surface area contributed by atoms with E-state index in [9.17, 15) is 0 Å². The van der Waals surface area contributed by atoms with Gasteiger partial charge in [-0.3, -0.25) is 4.40 Å². The predicted octanol–water partition coefficient (Wildman–Crippen LogP) is 3.65. The van der Waals surface area contributed by atoms with Gasteiger partial charge in [0.25, 0.3) is 0 Å². The van der Waals surface area contributed by atoms with Crippen molar-refractivity contribution in [3.63, 3.8) is 0 Å². The number of ether oxygens (including phenoxy) is 1. The Kier molecular flexibility index (Phi) is 4.22. The van der Waals surface area contributed by atoms with Crippen LogP contribution in [0.2, 0.25) is 0 Å². The molecule has 0 spiro atoms. The SMILES string of the molecule is CCNC(C)c1ccccc1OCc1cn2ccsc2n1. The third kappa shape index (κ3) is 3.09. The fourth-order valence-electron chi connectivity index (χ4n) is 2.38. The van der Waals surface area contributed by atoms with Crippen molar-refractivity contribution < 1.29 is 4.74 Å². The van der Waals surface area contributed by atoms with Crippen molar-refractivity contribution in [2.24, 2.45) is 0 Å². The first-order valence-corrected chi connectivity index (χ1v) is 8.02. The number of hydrogen-bond acceptors (Lipinski definition) is 4. The van der Waals surface area contributed by atoms with E-state index in [1.54, 1.807) is 11.3 Å². The molecule has 3 rings (SSSR count). The maximum atomic E-state index is 5.98. The molecular formula is C16H19N3OS. The molecule has 2 aromatic heterocycles. The van der Waals surface area contributed by atoms with Gasteiger partial charge in [0.1, 0.15) is 12.4 Å². The summed E-state index contributed by atoms with van der Waals surface area (Å²) in [5.74, 6) is 0.919. The van der Waals surface area contributed by atoms with Gasteiger partial charge in [0.2, 0.25) is 0 Å². The van der Waals surface area contributed by atoms with Crippen molar-refractivity contribution in [3.8, 4) is 5.75 Å². The van der Waals surface area contributed by atoms with Gasteiger partial charge in [-0.1, -0.05) is 25.1 Å². The minimum atomic E-state index is 0.275. The third-order valence-corrected chi connectivity index (χ3v) is 4.19. The van der Waals surface area contributed by atoms with E-state index in [2.05, 4.69) is 30.2 Å². The topological polar surface area (TPSA) is 38.6 Å². The Morgan fingerprint density at radius 3 is 3.05 bits per heavy atom. The number of rotatable bonds is 6. The molecule has 0 aliphatic heterocycles. The fraction of sp³-hybridized carbons (Fsp3) is 0.312. The molecule has 1 aromatic carbocycles. The lowest BCUT2D eigenvalue weighted by Crippen LogP contribution is -2.18. The molecule has 0 saturated carbocycles. The molecule has 0 bridgehead atoms. The molecule has 3 aromatic rings. The molecule has 2 heterocycles. The normalized spacial score (nSPS) is 12.7. The van der Waals surface area contributed by atoms with Crippen molar-refractivity contribution in [1.82, 2.24) is 14.7 Å². The number of thiazole rings is 1. The monoisotopic (exact) mass is 301 g/mol. The molecule has 5 heteroatoms. The number of para-hydroxylation sites is 1. The lowest BCUT2D eigenvalue weighted by Gasteiger charge is -2.17. The highest BCUT2D eigenvalue weighted by atomic mass is 32.1. The zero-order valence-corrected chi connectivity index (χ0v) is 13.1. The van der Waals surface area contributed by atoms with Crippen molar-refractivity contribution in [2.75, 3.05) is 6.54 Å². The van der Waals surface area contributed by atoms with Crippen LogP contribution < -0.4 is 10.1 Å². The summed E-state index contributed by atoms with van der Waals surface area (Å²) in [6.07, 6.45) is 4.03. The molecular weight excluding hydrogens is 282 g/mol. The van der Waals surface area contributed by atoms with Gasteiger partial charge in [0.05, 0.1) is 5.69 Å². The Labute approximate surface area is 128 Å². The summed E-state index contributed by atoms with van der Waals surface area (Å²) in [5, 5.41) is 5.45. The van der Waals surface area contributed by atoms with Crippen LogP contribution in [0, 0.1) is 0 Å². The van der Waals surface area contributed by atoms with Gasteiger partial charge in [-0.15, -0.1) is 11.3 Å². The molecule has 0 saturated heterocycles. The average molecular weight is 301 g/mol. The number of fused-ring (bicyclic) bond motifs is 1. The van der Waals surface area contributed by atoms with Gasteiger partial charge in [0.15, 0.2) is 4.96 Å². The van der Waals surface area contributed by atoms with Crippen molar-refractivity contribution in [2.45, 2.75) is 26.5 Å². The van der Waals surface area contributed by atoms with E-state index in [0.717, 1.165) is 22.9 Å². The Morgan fingerprint density at radius 1 is 1.38 bits per heavy atom. The molecule has 0 radical (unpaired) electrons. The van der Waals surface area contributed by atoms with Crippen LogP contribution in [0.4, 0.5) is 0 Å². The molecule has 4 nitrogen and oxygen atoms in total. The highest BCUT2D eigenvalue weighted by Crippen LogP contribution is 2.25. The van der Waals surface area contributed by atoms with E-state index in [-0.39, 0.29) is 6.04 Å². The number of nitrogens with zero attached hydrogens (tertiary/aromatic N) is 2. The molecule has 1 unspecified atom stereocenters. The van der Waals surface area contributed by atoms with Crippen LogP contribution in [-0.4, -0.2) is 15.9 Å². The van der Waals surface area contributed by atoms with Crippen LogP contribution in [-0.2, 0) is 6.61 Å². The largest absolute Gasteiger partial charge is 0.487 e. The Balaban J connectivity index is 1.74. The maximum Gasteiger partial charge on any atom is 0.193 e. The quantitative estimate of drug-likeness (QED) is 0.755. The second-order valence-corrected chi connectivity index (χ2v) is 5.80. The molecule has 21 heavy (non-hydrogen) atoms. The molecule has 0 amide bonds. The van der Waals surface area contributed by atoms with Gasteiger partial charge < -0.3 is 10.1 Å². The summed E-state index contributed by atoms with van der Waals surface area (Å²) in [4.78, 5) is 5.54. The Bertz CT molecular complexity index is 690. The van der Waals surface area contributed by atoms with Crippen molar-refractivity contribution in [3.05, 3.63) is 53.3 Å². The first-order chi connectivity index (χ1) is 10.3. The minimum Gasteiger partial charge on any atom is -0.487 e. The summed E-state index contributed by atoms with van der Waals surface area (Å²) in [6, 6.07) is 8.44. The van der Waals surface area contributed by atoms with E-state index in [1.165, 1.54) is 5.56 Å². The highest BCUT2D eigenvalue weighted by molar-refractivity contribution is 7.15. The second-order valence-electron chi connectivity index (χ2n) is 4.93. The molecule has 1 atom stereocenters. The van der Waals surface area contributed by atoms with Gasteiger partial charge in [-0.2, -0.15) is 0 Å². The van der Waals surface area contributed by atoms with E-state index in [1.807, 2.05) is 40.4 Å². The van der Waals surface area contributed by atoms with Gasteiger partial charge in [-0.25, -0.2) is 4.98 Å². The van der Waals surface area contributed by atoms with Crippen LogP contribution in [0.25, 0.3) is 4.96 Å². The fourth-order valence-corrected chi connectivity index (χ4v) is 3.10. The molecule has 0 aliphatic rings. The molecule has 0 aliphatic carbocycles. The second kappa shape index (κ2) is 6.28. The summed E-state index contributed by atoms with van der Waals surface area (Å²) >= 11 is 1.63. The number of benzene rings is 1. The van der Waals surface area contributed by atoms with E-state index >= 15 is 0 Å². The first-order valence-electron chi connectivity index (χ1n) is 7.14. The molecule has 110 valence electrons. The predicted molar refractivity (Wildman–Crippen MR) is 85.9 cm³/mol. The summed E-state index contributed by atoms with van der Waals surface area (Å²) in [7, 11) is 0.